The second-order valence-electron chi connectivity index (χ2n) is 28.1. The zero-order valence-corrected chi connectivity index (χ0v) is 60.6. The van der Waals surface area contributed by atoms with Gasteiger partial charge in [-0.2, -0.15) is 0 Å². The smallest absolute Gasteiger partial charge is 0.462 e. The van der Waals surface area contributed by atoms with E-state index in [9.17, 15) is 19.0 Å². The summed E-state index contributed by atoms with van der Waals surface area (Å²) in [6, 6.07) is 0. The molecule has 0 saturated carbocycles. The number of carbonyl (C=O) groups is 2. The van der Waals surface area contributed by atoms with Crippen LogP contribution in [0, 0.1) is 0 Å². The minimum Gasteiger partial charge on any atom is -0.462 e. The van der Waals surface area contributed by atoms with Crippen LogP contribution in [0.15, 0.2) is 24.3 Å². The number of hydrogen-bond acceptors (Lipinski definition) is 7. The van der Waals surface area contributed by atoms with Crippen molar-refractivity contribution in [2.75, 3.05) is 47.5 Å². The van der Waals surface area contributed by atoms with Gasteiger partial charge in [-0.25, -0.2) is 4.57 Å². The molecule has 0 heterocycles. The third kappa shape index (κ3) is 73.5. The normalized spacial score (nSPS) is 13.1. The first-order chi connectivity index (χ1) is 43.0. The molecule has 2 unspecified atom stereocenters. The molecule has 0 radical (unpaired) electrons. The lowest BCUT2D eigenvalue weighted by Gasteiger charge is -2.24. The standard InChI is InChI=1S/C78H152NO8P/c1-6-8-10-12-14-16-18-20-22-24-26-28-30-32-33-34-35-36-37-38-39-40-41-42-43-44-45-47-49-51-53-55-57-59-61-63-65-67-69-71-78(81)87-76(75-86-88(82,83)85-73-72-79(3,4)5)74-84-77(80)70-68-66-64-62-60-58-56-54-52-50-48-46-31-29-27-25-23-21-19-17-15-13-11-9-7-2/h18,20,24,26,76H,6-17,19,21-23,25,27-75H2,1-5H3/p+1/b20-18-,26-24-. The SMILES string of the molecule is CCCCCCC/C=C\C/C=C\CCCCCCCCCCCCCCCCCCCCCCCCCCCCCC(=O)OC(COC(=O)CCCCCCCCCCCCCCCCCCCCCCCCCCC)COP(=O)(O)OCC[N+](C)(C)C. The molecule has 1 N–H and O–H groups in total. The molecule has 522 valence electrons. The first-order valence-electron chi connectivity index (χ1n) is 39.1. The van der Waals surface area contributed by atoms with Gasteiger partial charge >= 0.3 is 19.8 Å². The summed E-state index contributed by atoms with van der Waals surface area (Å²) < 4.78 is 34.8. The second-order valence-corrected chi connectivity index (χ2v) is 29.6. The van der Waals surface area contributed by atoms with Crippen molar-refractivity contribution in [3.8, 4) is 0 Å². The Morgan fingerprint density at radius 3 is 0.898 bits per heavy atom. The number of nitrogens with zero attached hydrogens (tertiary/aromatic N) is 1. The first kappa shape index (κ1) is 86.5. The number of rotatable bonds is 74. The first-order valence-corrected chi connectivity index (χ1v) is 40.6. The maximum atomic E-state index is 12.9. The third-order valence-corrected chi connectivity index (χ3v) is 19.0. The number of ether oxygens (including phenoxy) is 2. The molecule has 0 aromatic carbocycles. The van der Waals surface area contributed by atoms with E-state index >= 15 is 0 Å². The van der Waals surface area contributed by atoms with Gasteiger partial charge in [-0.15, -0.1) is 0 Å². The van der Waals surface area contributed by atoms with Crippen molar-refractivity contribution in [3.05, 3.63) is 24.3 Å². The van der Waals surface area contributed by atoms with E-state index in [1.165, 1.54) is 340 Å². The maximum Gasteiger partial charge on any atom is 0.472 e. The van der Waals surface area contributed by atoms with E-state index in [-0.39, 0.29) is 25.6 Å². The highest BCUT2D eigenvalue weighted by atomic mass is 31.2. The van der Waals surface area contributed by atoms with Crippen molar-refractivity contribution in [2.45, 2.75) is 418 Å². The molecule has 88 heavy (non-hydrogen) atoms. The van der Waals surface area contributed by atoms with Crippen molar-refractivity contribution >= 4 is 19.8 Å². The van der Waals surface area contributed by atoms with Crippen molar-refractivity contribution in [1.82, 2.24) is 0 Å². The summed E-state index contributed by atoms with van der Waals surface area (Å²) in [6.45, 7) is 4.51. The molecule has 2 atom stereocenters. The number of hydrogen-bond donors (Lipinski definition) is 1. The summed E-state index contributed by atoms with van der Waals surface area (Å²) in [4.78, 5) is 35.9. The van der Waals surface area contributed by atoms with Crippen LogP contribution < -0.4 is 0 Å². The van der Waals surface area contributed by atoms with E-state index in [1.807, 2.05) is 21.1 Å². The molecule has 0 aromatic heterocycles. The minimum absolute atomic E-state index is 0.0366. The Labute approximate surface area is 549 Å². The van der Waals surface area contributed by atoms with Crippen LogP contribution in [0.4, 0.5) is 0 Å². The fourth-order valence-electron chi connectivity index (χ4n) is 12.0. The fourth-order valence-corrected chi connectivity index (χ4v) is 12.7. The van der Waals surface area contributed by atoms with Crippen LogP contribution in [0.1, 0.15) is 412 Å². The van der Waals surface area contributed by atoms with E-state index in [2.05, 4.69) is 38.2 Å². The molecule has 10 heteroatoms. The van der Waals surface area contributed by atoms with Gasteiger partial charge in [0.1, 0.15) is 19.8 Å². The van der Waals surface area contributed by atoms with Gasteiger partial charge in [0, 0.05) is 12.8 Å². The molecule has 0 fully saturated rings. The topological polar surface area (TPSA) is 108 Å². The highest BCUT2D eigenvalue weighted by molar-refractivity contribution is 7.47. The number of phosphoric ester groups is 1. The lowest BCUT2D eigenvalue weighted by Crippen LogP contribution is -2.37. The van der Waals surface area contributed by atoms with Crippen LogP contribution in [-0.2, 0) is 32.7 Å². The van der Waals surface area contributed by atoms with Crippen LogP contribution in [-0.4, -0.2) is 74.9 Å². The van der Waals surface area contributed by atoms with Crippen LogP contribution in [0.3, 0.4) is 0 Å². The molecule has 0 aliphatic carbocycles. The average molecular weight is 1260 g/mol. The predicted molar refractivity (Wildman–Crippen MR) is 381 cm³/mol. The molecule has 0 aromatic rings. The fraction of sp³-hybridized carbons (Fsp3) is 0.923. The lowest BCUT2D eigenvalue weighted by molar-refractivity contribution is -0.870. The summed E-state index contributed by atoms with van der Waals surface area (Å²) in [5.74, 6) is -0.768. The largest absolute Gasteiger partial charge is 0.472 e. The highest BCUT2D eigenvalue weighted by Gasteiger charge is 2.27. The van der Waals surface area contributed by atoms with Gasteiger partial charge in [0.2, 0.25) is 0 Å². The van der Waals surface area contributed by atoms with Crippen molar-refractivity contribution in [1.29, 1.82) is 0 Å². The molecule has 9 nitrogen and oxygen atoms in total. The molecule has 0 aliphatic rings. The quantitative estimate of drug-likeness (QED) is 0.0211. The van der Waals surface area contributed by atoms with Crippen molar-refractivity contribution in [3.63, 3.8) is 0 Å². The zero-order valence-electron chi connectivity index (χ0n) is 59.8. The lowest BCUT2D eigenvalue weighted by atomic mass is 10.0. The van der Waals surface area contributed by atoms with Crippen LogP contribution >= 0.6 is 7.82 Å². The Morgan fingerprint density at radius 1 is 0.352 bits per heavy atom. The van der Waals surface area contributed by atoms with Gasteiger partial charge in [0.15, 0.2) is 6.10 Å². The van der Waals surface area contributed by atoms with Gasteiger partial charge in [-0.1, -0.05) is 378 Å². The Hall–Kier alpha value is -1.51. The molecule has 0 rings (SSSR count). The summed E-state index contributed by atoms with van der Waals surface area (Å²) >= 11 is 0. The van der Waals surface area contributed by atoms with Gasteiger partial charge in [0.25, 0.3) is 0 Å². The number of esters is 2. The van der Waals surface area contributed by atoms with E-state index in [0.29, 0.717) is 17.4 Å². The van der Waals surface area contributed by atoms with Gasteiger partial charge in [0.05, 0.1) is 27.7 Å². The summed E-state index contributed by atoms with van der Waals surface area (Å²) in [6.07, 6.45) is 89.0. The van der Waals surface area contributed by atoms with Crippen LogP contribution in [0.2, 0.25) is 0 Å². The number of likely N-dealkylation sites (N-methyl/N-ethyl adjacent to an activating group) is 1. The Morgan fingerprint density at radius 2 is 0.614 bits per heavy atom. The van der Waals surface area contributed by atoms with Crippen molar-refractivity contribution in [2.24, 2.45) is 0 Å². The van der Waals surface area contributed by atoms with Gasteiger partial charge in [-0.05, 0) is 44.9 Å². The van der Waals surface area contributed by atoms with Crippen LogP contribution in [0.25, 0.3) is 0 Å². The second kappa shape index (κ2) is 69.8. The summed E-state index contributed by atoms with van der Waals surface area (Å²) in [5, 5.41) is 0. The highest BCUT2D eigenvalue weighted by Crippen LogP contribution is 2.43. The minimum atomic E-state index is -4.39. The molecule has 0 saturated heterocycles. The molecular formula is C78H153NO8P+. The molecule has 0 bridgehead atoms. The van der Waals surface area contributed by atoms with E-state index in [1.54, 1.807) is 0 Å². The zero-order chi connectivity index (χ0) is 64.1. The number of quaternary nitrogens is 1. The molecule has 0 aliphatic heterocycles. The monoisotopic (exact) mass is 1260 g/mol. The number of allylic oxidation sites excluding steroid dienone is 4. The average Bonchev–Trinajstić information content (AvgIpc) is 3.68. The maximum absolute atomic E-state index is 12.9. The van der Waals surface area contributed by atoms with Gasteiger partial charge < -0.3 is 18.9 Å². The summed E-state index contributed by atoms with van der Waals surface area (Å²) in [7, 11) is 1.51. The predicted octanol–water partition coefficient (Wildman–Crippen LogP) is 25.6. The van der Waals surface area contributed by atoms with E-state index < -0.39 is 26.5 Å². The van der Waals surface area contributed by atoms with Gasteiger partial charge in [-0.3, -0.25) is 18.6 Å². The number of unbranched alkanes of at least 4 members (excludes halogenated alkanes) is 56. The van der Waals surface area contributed by atoms with E-state index in [0.717, 1.165) is 44.9 Å². The van der Waals surface area contributed by atoms with Crippen molar-refractivity contribution < 1.29 is 42.1 Å². The third-order valence-electron chi connectivity index (χ3n) is 18.0. The molecule has 0 amide bonds. The molecule has 0 spiro atoms. The van der Waals surface area contributed by atoms with E-state index in [4.69, 9.17) is 18.5 Å². The number of phosphoric acid groups is 1. The Balaban J connectivity index is 3.88. The Bertz CT molecular complexity index is 1530. The molecular weight excluding hydrogens is 1110 g/mol. The number of carbonyl (C=O) groups excluding carboxylic acids is 2. The van der Waals surface area contributed by atoms with Crippen LogP contribution in [0.5, 0.6) is 0 Å². The Kier molecular flexibility index (Phi) is 68.6. The summed E-state index contributed by atoms with van der Waals surface area (Å²) in [5.41, 5.74) is 0.